The van der Waals surface area contributed by atoms with E-state index in [9.17, 15) is 0 Å². The van der Waals surface area contributed by atoms with Crippen LogP contribution in [0.4, 0.5) is 5.69 Å². The van der Waals surface area contributed by atoms with Crippen LogP contribution in [-0.2, 0) is 0 Å². The third-order valence-electron chi connectivity index (χ3n) is 2.09. The zero-order valence-corrected chi connectivity index (χ0v) is 8.55. The molecule has 4 heteroatoms. The van der Waals surface area contributed by atoms with E-state index in [2.05, 4.69) is 5.10 Å². The molecule has 0 bridgehead atoms. The molecule has 1 aromatic heterocycles. The second kappa shape index (κ2) is 4.04. The molecule has 1 heterocycles. The summed E-state index contributed by atoms with van der Waals surface area (Å²) in [6, 6.07) is 7.52. The second-order valence-corrected chi connectivity index (χ2v) is 3.07. The molecule has 78 valence electrons. The van der Waals surface area contributed by atoms with E-state index in [4.69, 9.17) is 10.5 Å². The Morgan fingerprint density at radius 3 is 2.93 bits per heavy atom. The fraction of sp³-hybridized carbons (Fsp3) is 0.182. The number of nitrogens with two attached hydrogens (primary N) is 1. The number of para-hydroxylation sites is 1. The monoisotopic (exact) mass is 203 g/mol. The van der Waals surface area contributed by atoms with Gasteiger partial charge in [-0.2, -0.15) is 5.10 Å². The predicted octanol–water partition coefficient (Wildman–Crippen LogP) is 1.85. The number of rotatable bonds is 3. The van der Waals surface area contributed by atoms with E-state index < -0.39 is 0 Å². The van der Waals surface area contributed by atoms with Gasteiger partial charge in [-0.15, -0.1) is 0 Å². The summed E-state index contributed by atoms with van der Waals surface area (Å²) in [5, 5.41) is 4.13. The molecule has 0 spiro atoms. The van der Waals surface area contributed by atoms with Crippen LogP contribution in [0.2, 0.25) is 0 Å². The zero-order valence-electron chi connectivity index (χ0n) is 8.55. The van der Waals surface area contributed by atoms with E-state index in [1.807, 2.05) is 37.4 Å². The summed E-state index contributed by atoms with van der Waals surface area (Å²) in [5.41, 5.74) is 7.43. The minimum absolute atomic E-state index is 0.604. The largest absolute Gasteiger partial charge is 0.492 e. The molecule has 0 aliphatic carbocycles. The van der Waals surface area contributed by atoms with E-state index in [-0.39, 0.29) is 0 Å². The summed E-state index contributed by atoms with van der Waals surface area (Å²) in [6.07, 6.45) is 3.56. The molecule has 15 heavy (non-hydrogen) atoms. The lowest BCUT2D eigenvalue weighted by atomic mass is 10.2. The normalized spacial score (nSPS) is 10.2. The molecule has 2 aromatic rings. The van der Waals surface area contributed by atoms with Gasteiger partial charge < -0.3 is 10.5 Å². The first kappa shape index (κ1) is 9.58. The van der Waals surface area contributed by atoms with Gasteiger partial charge in [0.05, 0.1) is 12.3 Å². The van der Waals surface area contributed by atoms with Crippen LogP contribution in [0.1, 0.15) is 6.92 Å². The van der Waals surface area contributed by atoms with Crippen molar-refractivity contribution in [2.24, 2.45) is 0 Å². The highest BCUT2D eigenvalue weighted by Crippen LogP contribution is 2.27. The maximum atomic E-state index is 5.97. The molecular weight excluding hydrogens is 190 g/mol. The van der Waals surface area contributed by atoms with Crippen molar-refractivity contribution >= 4 is 5.69 Å². The van der Waals surface area contributed by atoms with Gasteiger partial charge in [0.1, 0.15) is 11.4 Å². The Labute approximate surface area is 88.3 Å². The molecule has 0 atom stereocenters. The van der Waals surface area contributed by atoms with E-state index in [0.29, 0.717) is 18.0 Å². The van der Waals surface area contributed by atoms with Crippen LogP contribution < -0.4 is 10.5 Å². The number of hydrogen-bond acceptors (Lipinski definition) is 3. The van der Waals surface area contributed by atoms with Gasteiger partial charge in [0.25, 0.3) is 0 Å². The lowest BCUT2D eigenvalue weighted by molar-refractivity contribution is 0.342. The van der Waals surface area contributed by atoms with Crippen molar-refractivity contribution in [1.29, 1.82) is 0 Å². The van der Waals surface area contributed by atoms with Crippen LogP contribution in [0.15, 0.2) is 36.7 Å². The number of ether oxygens (including phenoxy) is 1. The topological polar surface area (TPSA) is 53.1 Å². The molecule has 0 saturated carbocycles. The Kier molecular flexibility index (Phi) is 2.58. The Morgan fingerprint density at radius 1 is 1.40 bits per heavy atom. The van der Waals surface area contributed by atoms with Crippen LogP contribution in [0.3, 0.4) is 0 Å². The maximum Gasteiger partial charge on any atom is 0.144 e. The first-order chi connectivity index (χ1) is 7.33. The van der Waals surface area contributed by atoms with E-state index >= 15 is 0 Å². The Balaban J connectivity index is 2.45. The molecule has 2 N–H and O–H groups in total. The summed E-state index contributed by atoms with van der Waals surface area (Å²) in [7, 11) is 0. The highest BCUT2D eigenvalue weighted by molar-refractivity contribution is 5.66. The van der Waals surface area contributed by atoms with Crippen LogP contribution in [0.25, 0.3) is 5.69 Å². The van der Waals surface area contributed by atoms with Gasteiger partial charge in [-0.3, -0.25) is 0 Å². The Bertz CT molecular complexity index is 437. The molecule has 1 aromatic carbocycles. The maximum absolute atomic E-state index is 5.97. The molecule has 0 radical (unpaired) electrons. The van der Waals surface area contributed by atoms with Crippen molar-refractivity contribution in [2.45, 2.75) is 6.92 Å². The fourth-order valence-corrected chi connectivity index (χ4v) is 1.42. The quantitative estimate of drug-likeness (QED) is 0.774. The predicted molar refractivity (Wildman–Crippen MR) is 59.1 cm³/mol. The highest BCUT2D eigenvalue weighted by atomic mass is 16.5. The lowest BCUT2D eigenvalue weighted by Crippen LogP contribution is -2.03. The zero-order chi connectivity index (χ0) is 10.7. The summed E-state index contributed by atoms with van der Waals surface area (Å²) in [5.74, 6) is 0.700. The minimum atomic E-state index is 0.604. The number of aromatic nitrogens is 2. The third-order valence-corrected chi connectivity index (χ3v) is 2.09. The highest BCUT2D eigenvalue weighted by Gasteiger charge is 2.06. The number of anilines is 1. The molecule has 0 saturated heterocycles. The SMILES string of the molecule is CCOc1cccc(-n2cccn2)c1N. The van der Waals surface area contributed by atoms with E-state index in [1.54, 1.807) is 10.9 Å². The molecule has 0 unspecified atom stereocenters. The van der Waals surface area contributed by atoms with Crippen LogP contribution in [-0.4, -0.2) is 16.4 Å². The molecule has 0 aliphatic rings. The van der Waals surface area contributed by atoms with Gasteiger partial charge in [0, 0.05) is 12.4 Å². The summed E-state index contributed by atoms with van der Waals surface area (Å²) < 4.78 is 7.13. The lowest BCUT2D eigenvalue weighted by Gasteiger charge is -2.10. The van der Waals surface area contributed by atoms with Gasteiger partial charge in [-0.1, -0.05) is 6.07 Å². The van der Waals surface area contributed by atoms with Gasteiger partial charge in [-0.05, 0) is 25.1 Å². The number of hydrogen-bond donors (Lipinski definition) is 1. The third kappa shape index (κ3) is 1.79. The average Bonchev–Trinajstić information content (AvgIpc) is 2.74. The van der Waals surface area contributed by atoms with Crippen molar-refractivity contribution in [3.8, 4) is 11.4 Å². The number of nitrogen functional groups attached to an aromatic ring is 1. The van der Waals surface area contributed by atoms with E-state index in [0.717, 1.165) is 5.69 Å². The first-order valence-electron chi connectivity index (χ1n) is 4.84. The standard InChI is InChI=1S/C11H13N3O/c1-2-15-10-6-3-5-9(11(10)12)14-8-4-7-13-14/h3-8H,2,12H2,1H3. The summed E-state index contributed by atoms with van der Waals surface area (Å²) in [4.78, 5) is 0. The smallest absolute Gasteiger partial charge is 0.144 e. The molecule has 0 aliphatic heterocycles. The van der Waals surface area contributed by atoms with Crippen LogP contribution >= 0.6 is 0 Å². The molecular formula is C11H13N3O. The van der Waals surface area contributed by atoms with Gasteiger partial charge in [0.15, 0.2) is 0 Å². The van der Waals surface area contributed by atoms with Crippen molar-refractivity contribution in [3.63, 3.8) is 0 Å². The second-order valence-electron chi connectivity index (χ2n) is 3.07. The Morgan fingerprint density at radius 2 is 2.27 bits per heavy atom. The molecule has 2 rings (SSSR count). The number of benzene rings is 1. The molecule has 0 amide bonds. The first-order valence-corrected chi connectivity index (χ1v) is 4.84. The Hall–Kier alpha value is -1.97. The van der Waals surface area contributed by atoms with Crippen LogP contribution in [0.5, 0.6) is 5.75 Å². The van der Waals surface area contributed by atoms with Crippen molar-refractivity contribution in [3.05, 3.63) is 36.7 Å². The van der Waals surface area contributed by atoms with Gasteiger partial charge >= 0.3 is 0 Å². The fourth-order valence-electron chi connectivity index (χ4n) is 1.42. The van der Waals surface area contributed by atoms with Crippen molar-refractivity contribution in [2.75, 3.05) is 12.3 Å². The summed E-state index contributed by atoms with van der Waals surface area (Å²) >= 11 is 0. The van der Waals surface area contributed by atoms with Crippen molar-refractivity contribution in [1.82, 2.24) is 9.78 Å². The average molecular weight is 203 g/mol. The minimum Gasteiger partial charge on any atom is -0.492 e. The van der Waals surface area contributed by atoms with Crippen molar-refractivity contribution < 1.29 is 4.74 Å². The van der Waals surface area contributed by atoms with Gasteiger partial charge in [-0.25, -0.2) is 4.68 Å². The van der Waals surface area contributed by atoms with Crippen LogP contribution in [0, 0.1) is 0 Å². The molecule has 0 fully saturated rings. The van der Waals surface area contributed by atoms with E-state index in [1.165, 1.54) is 0 Å². The number of nitrogens with zero attached hydrogens (tertiary/aromatic N) is 2. The summed E-state index contributed by atoms with van der Waals surface area (Å²) in [6.45, 7) is 2.53. The van der Waals surface area contributed by atoms with Gasteiger partial charge in [0.2, 0.25) is 0 Å². The molecule has 4 nitrogen and oxygen atoms in total.